The van der Waals surface area contributed by atoms with E-state index in [1.54, 1.807) is 6.07 Å². The number of carboxylic acids is 1. The standard InChI is InChI=1S/C15H18BrNO3/c1-9-11(5-3-7-13(9)16)14(18)17-8-10-4-2-6-12(10)15(19)20/h3,5,7,10,12H,2,4,6,8H2,1H3,(H,17,18)(H,19,20). The summed E-state index contributed by atoms with van der Waals surface area (Å²) >= 11 is 3.40. The number of aliphatic carboxylic acids is 1. The van der Waals surface area contributed by atoms with Crippen LogP contribution in [0.25, 0.3) is 0 Å². The molecule has 1 fully saturated rings. The first-order valence-electron chi connectivity index (χ1n) is 6.77. The zero-order chi connectivity index (χ0) is 14.7. The van der Waals surface area contributed by atoms with E-state index in [4.69, 9.17) is 5.11 Å². The molecule has 5 heteroatoms. The molecule has 0 spiro atoms. The normalized spacial score (nSPS) is 21.7. The maximum atomic E-state index is 12.2. The molecule has 20 heavy (non-hydrogen) atoms. The first-order chi connectivity index (χ1) is 9.50. The number of carbonyl (C=O) groups is 2. The number of halogens is 1. The van der Waals surface area contributed by atoms with Crippen molar-refractivity contribution in [3.8, 4) is 0 Å². The van der Waals surface area contributed by atoms with Crippen LogP contribution in [-0.4, -0.2) is 23.5 Å². The number of hydrogen-bond acceptors (Lipinski definition) is 2. The number of nitrogens with one attached hydrogen (secondary N) is 1. The Hall–Kier alpha value is -1.36. The largest absolute Gasteiger partial charge is 0.481 e. The fourth-order valence-electron chi connectivity index (χ4n) is 2.78. The van der Waals surface area contributed by atoms with E-state index in [1.165, 1.54) is 0 Å². The fourth-order valence-corrected chi connectivity index (χ4v) is 3.14. The minimum atomic E-state index is -0.750. The molecule has 0 aliphatic heterocycles. The van der Waals surface area contributed by atoms with Crippen molar-refractivity contribution in [1.82, 2.24) is 5.32 Å². The van der Waals surface area contributed by atoms with Crippen molar-refractivity contribution < 1.29 is 14.7 Å². The Labute approximate surface area is 126 Å². The highest BCUT2D eigenvalue weighted by atomic mass is 79.9. The summed E-state index contributed by atoms with van der Waals surface area (Å²) in [5.74, 6) is -1.16. The molecule has 108 valence electrons. The molecule has 4 nitrogen and oxygen atoms in total. The number of benzene rings is 1. The van der Waals surface area contributed by atoms with Gasteiger partial charge in [0.15, 0.2) is 0 Å². The number of hydrogen-bond donors (Lipinski definition) is 2. The molecule has 2 N–H and O–H groups in total. The van der Waals surface area contributed by atoms with Crippen LogP contribution in [0.2, 0.25) is 0 Å². The smallest absolute Gasteiger partial charge is 0.306 e. The molecule has 2 atom stereocenters. The van der Waals surface area contributed by atoms with E-state index in [9.17, 15) is 9.59 Å². The van der Waals surface area contributed by atoms with Gasteiger partial charge in [0.2, 0.25) is 0 Å². The minimum absolute atomic E-state index is 0.0453. The van der Waals surface area contributed by atoms with Gasteiger partial charge in [-0.2, -0.15) is 0 Å². The van der Waals surface area contributed by atoms with Crippen LogP contribution in [0.1, 0.15) is 35.2 Å². The molecule has 1 saturated carbocycles. The summed E-state index contributed by atoms with van der Waals surface area (Å²) in [4.78, 5) is 23.3. The van der Waals surface area contributed by atoms with Gasteiger partial charge in [-0.3, -0.25) is 9.59 Å². The van der Waals surface area contributed by atoms with E-state index in [0.29, 0.717) is 18.5 Å². The van der Waals surface area contributed by atoms with Gasteiger partial charge in [-0.25, -0.2) is 0 Å². The zero-order valence-corrected chi connectivity index (χ0v) is 12.9. The Balaban J connectivity index is 1.99. The Kier molecular flexibility index (Phi) is 4.81. The van der Waals surface area contributed by atoms with Gasteiger partial charge in [-0.05, 0) is 43.4 Å². The minimum Gasteiger partial charge on any atom is -0.481 e. The van der Waals surface area contributed by atoms with E-state index >= 15 is 0 Å². The summed E-state index contributed by atoms with van der Waals surface area (Å²) in [5, 5.41) is 12.0. The second-order valence-electron chi connectivity index (χ2n) is 5.26. The van der Waals surface area contributed by atoms with Gasteiger partial charge >= 0.3 is 5.97 Å². The number of carbonyl (C=O) groups excluding carboxylic acids is 1. The van der Waals surface area contributed by atoms with Crippen LogP contribution in [0.4, 0.5) is 0 Å². The molecule has 1 amide bonds. The van der Waals surface area contributed by atoms with Gasteiger partial charge < -0.3 is 10.4 Å². The number of amides is 1. The van der Waals surface area contributed by atoms with Gasteiger partial charge in [-0.15, -0.1) is 0 Å². The summed E-state index contributed by atoms with van der Waals surface area (Å²) in [7, 11) is 0. The zero-order valence-electron chi connectivity index (χ0n) is 11.4. The first-order valence-corrected chi connectivity index (χ1v) is 7.56. The van der Waals surface area contributed by atoms with Crippen LogP contribution in [0.5, 0.6) is 0 Å². The molecule has 1 aliphatic rings. The third-order valence-electron chi connectivity index (χ3n) is 4.01. The molecule has 0 saturated heterocycles. The lowest BCUT2D eigenvalue weighted by molar-refractivity contribution is -0.142. The van der Waals surface area contributed by atoms with Gasteiger partial charge in [-0.1, -0.05) is 28.4 Å². The Morgan fingerprint density at radius 2 is 2.15 bits per heavy atom. The molecule has 0 aromatic heterocycles. The molecule has 0 heterocycles. The maximum absolute atomic E-state index is 12.2. The summed E-state index contributed by atoms with van der Waals surface area (Å²) in [6.07, 6.45) is 2.51. The SMILES string of the molecule is Cc1c(Br)cccc1C(=O)NCC1CCCC1C(=O)O. The Bertz CT molecular complexity index is 530. The van der Waals surface area contributed by atoms with Gasteiger partial charge in [0, 0.05) is 16.6 Å². The van der Waals surface area contributed by atoms with Gasteiger partial charge in [0.05, 0.1) is 5.92 Å². The summed E-state index contributed by atoms with van der Waals surface area (Å²) in [6.45, 7) is 2.32. The molecule has 2 rings (SSSR count). The quantitative estimate of drug-likeness (QED) is 0.886. The van der Waals surface area contributed by atoms with Crippen LogP contribution in [-0.2, 0) is 4.79 Å². The second-order valence-corrected chi connectivity index (χ2v) is 6.11. The lowest BCUT2D eigenvalue weighted by Crippen LogP contribution is -2.33. The highest BCUT2D eigenvalue weighted by molar-refractivity contribution is 9.10. The molecule has 0 radical (unpaired) electrons. The highest BCUT2D eigenvalue weighted by Crippen LogP contribution is 2.31. The highest BCUT2D eigenvalue weighted by Gasteiger charge is 2.32. The lowest BCUT2D eigenvalue weighted by Gasteiger charge is -2.17. The van der Waals surface area contributed by atoms with E-state index < -0.39 is 5.97 Å². The third kappa shape index (κ3) is 3.20. The average molecular weight is 340 g/mol. The van der Waals surface area contributed by atoms with Crippen LogP contribution in [0, 0.1) is 18.8 Å². The molecular formula is C15H18BrNO3. The Morgan fingerprint density at radius 3 is 2.85 bits per heavy atom. The van der Waals surface area contributed by atoms with Crippen molar-refractivity contribution in [3.63, 3.8) is 0 Å². The summed E-state index contributed by atoms with van der Waals surface area (Å²) in [6, 6.07) is 5.49. The molecule has 1 aromatic carbocycles. The van der Waals surface area contributed by atoms with E-state index in [2.05, 4.69) is 21.2 Å². The molecule has 1 aliphatic carbocycles. The average Bonchev–Trinajstić information content (AvgIpc) is 2.87. The molecule has 2 unspecified atom stereocenters. The van der Waals surface area contributed by atoms with Crippen molar-refractivity contribution in [3.05, 3.63) is 33.8 Å². The number of rotatable bonds is 4. The second kappa shape index (κ2) is 6.39. The topological polar surface area (TPSA) is 66.4 Å². The fraction of sp³-hybridized carbons (Fsp3) is 0.467. The molecular weight excluding hydrogens is 322 g/mol. The van der Waals surface area contributed by atoms with Gasteiger partial charge in [0.1, 0.15) is 0 Å². The lowest BCUT2D eigenvalue weighted by atomic mass is 9.96. The third-order valence-corrected chi connectivity index (χ3v) is 4.87. The van der Waals surface area contributed by atoms with Crippen LogP contribution in [0.15, 0.2) is 22.7 Å². The van der Waals surface area contributed by atoms with Crippen LogP contribution >= 0.6 is 15.9 Å². The summed E-state index contributed by atoms with van der Waals surface area (Å²) < 4.78 is 0.898. The predicted octanol–water partition coefficient (Wildman–Crippen LogP) is 2.99. The van der Waals surface area contributed by atoms with Crippen LogP contribution in [0.3, 0.4) is 0 Å². The Morgan fingerprint density at radius 1 is 1.40 bits per heavy atom. The van der Waals surface area contributed by atoms with Crippen molar-refractivity contribution in [2.45, 2.75) is 26.2 Å². The van der Waals surface area contributed by atoms with E-state index in [-0.39, 0.29) is 17.7 Å². The number of carboxylic acid groups (broad SMARTS) is 1. The first kappa shape index (κ1) is 15.0. The monoisotopic (exact) mass is 339 g/mol. The van der Waals surface area contributed by atoms with Crippen molar-refractivity contribution in [2.75, 3.05) is 6.54 Å². The van der Waals surface area contributed by atoms with Crippen molar-refractivity contribution >= 4 is 27.8 Å². The van der Waals surface area contributed by atoms with E-state index in [0.717, 1.165) is 22.9 Å². The maximum Gasteiger partial charge on any atom is 0.306 e. The van der Waals surface area contributed by atoms with E-state index in [1.807, 2.05) is 19.1 Å². The van der Waals surface area contributed by atoms with Gasteiger partial charge in [0.25, 0.3) is 5.91 Å². The van der Waals surface area contributed by atoms with Crippen LogP contribution < -0.4 is 5.32 Å². The van der Waals surface area contributed by atoms with Crippen molar-refractivity contribution in [2.24, 2.45) is 11.8 Å². The predicted molar refractivity (Wildman–Crippen MR) is 79.7 cm³/mol. The molecule has 0 bridgehead atoms. The van der Waals surface area contributed by atoms with Crippen molar-refractivity contribution in [1.29, 1.82) is 0 Å². The molecule has 1 aromatic rings. The summed E-state index contributed by atoms with van der Waals surface area (Å²) in [5.41, 5.74) is 1.52.